The van der Waals surface area contributed by atoms with Crippen molar-refractivity contribution in [1.82, 2.24) is 24.5 Å². The molecule has 1 atom stereocenters. The third kappa shape index (κ3) is 3.87. The fraction of sp³-hybridized carbons (Fsp3) is 0.750. The summed E-state index contributed by atoms with van der Waals surface area (Å²) in [6.45, 7) is 7.82. The molecule has 6 nitrogen and oxygen atoms in total. The quantitative estimate of drug-likeness (QED) is 0.833. The average molecular weight is 340 g/mol. The summed E-state index contributed by atoms with van der Waals surface area (Å²) in [6, 6.07) is 0.392. The Hall–Kier alpha value is -1.11. The first-order valence-corrected chi connectivity index (χ1v) is 8.83. The Kier molecular flexibility index (Phi) is 5.24. The first-order valence-electron chi connectivity index (χ1n) is 8.45. The van der Waals surface area contributed by atoms with Gasteiger partial charge in [0, 0.05) is 38.4 Å². The number of hydrogen-bond donors (Lipinski definition) is 0. The van der Waals surface area contributed by atoms with E-state index >= 15 is 0 Å². The summed E-state index contributed by atoms with van der Waals surface area (Å²) >= 11 is 5.89. The van der Waals surface area contributed by atoms with Crippen molar-refractivity contribution >= 4 is 17.5 Å². The largest absolute Gasteiger partial charge is 0.338 e. The lowest BCUT2D eigenvalue weighted by molar-refractivity contribution is -0.136. The van der Waals surface area contributed by atoms with Crippen LogP contribution in [0.3, 0.4) is 0 Å². The lowest BCUT2D eigenvalue weighted by Gasteiger charge is -2.42. The third-order valence-electron chi connectivity index (χ3n) is 5.15. The highest BCUT2D eigenvalue weighted by Crippen LogP contribution is 2.19. The SMILES string of the molecule is C[C@H](C(=O)N1CCN(C2CCN(C)CC2)CC1)n1cc(Cl)cn1. The van der Waals surface area contributed by atoms with Crippen LogP contribution in [0.15, 0.2) is 12.4 Å². The van der Waals surface area contributed by atoms with Crippen LogP contribution in [0.4, 0.5) is 0 Å². The van der Waals surface area contributed by atoms with Gasteiger partial charge in [-0.1, -0.05) is 11.6 Å². The topological polar surface area (TPSA) is 44.6 Å². The van der Waals surface area contributed by atoms with Crippen LogP contribution >= 0.6 is 11.6 Å². The monoisotopic (exact) mass is 339 g/mol. The summed E-state index contributed by atoms with van der Waals surface area (Å²) in [6.07, 6.45) is 5.77. The van der Waals surface area contributed by atoms with Crippen LogP contribution in [0.25, 0.3) is 0 Å². The van der Waals surface area contributed by atoms with E-state index < -0.39 is 0 Å². The molecule has 1 amide bonds. The highest BCUT2D eigenvalue weighted by atomic mass is 35.5. The van der Waals surface area contributed by atoms with E-state index in [1.807, 2.05) is 11.8 Å². The second-order valence-electron chi connectivity index (χ2n) is 6.71. The van der Waals surface area contributed by atoms with Crippen LogP contribution in [0.1, 0.15) is 25.8 Å². The summed E-state index contributed by atoms with van der Waals surface area (Å²) < 4.78 is 1.65. The number of aromatic nitrogens is 2. The maximum atomic E-state index is 12.6. The minimum absolute atomic E-state index is 0.132. The van der Waals surface area contributed by atoms with Crippen molar-refractivity contribution in [3.05, 3.63) is 17.4 Å². The van der Waals surface area contributed by atoms with Gasteiger partial charge in [-0.25, -0.2) is 0 Å². The maximum absolute atomic E-state index is 12.6. The fourth-order valence-electron chi connectivity index (χ4n) is 3.57. The molecule has 7 heteroatoms. The molecule has 0 radical (unpaired) electrons. The van der Waals surface area contributed by atoms with Crippen LogP contribution in [0, 0.1) is 0 Å². The summed E-state index contributed by atoms with van der Waals surface area (Å²) in [7, 11) is 2.19. The van der Waals surface area contributed by atoms with Gasteiger partial charge in [0.1, 0.15) is 6.04 Å². The van der Waals surface area contributed by atoms with Crippen LogP contribution < -0.4 is 0 Å². The standard InChI is InChI=1S/C16H26ClN5O/c1-13(22-12-14(17)11-18-22)16(23)21-9-7-20(8-10-21)15-3-5-19(2)6-4-15/h11-13,15H,3-10H2,1-2H3/t13-/m1/s1. The molecule has 0 saturated carbocycles. The molecule has 2 aliphatic heterocycles. The summed E-state index contributed by atoms with van der Waals surface area (Å²) in [5.74, 6) is 0.132. The Morgan fingerprint density at radius 2 is 1.87 bits per heavy atom. The zero-order valence-corrected chi connectivity index (χ0v) is 14.7. The molecule has 1 aromatic rings. The number of nitrogens with zero attached hydrogens (tertiary/aromatic N) is 5. The van der Waals surface area contributed by atoms with Crippen molar-refractivity contribution in [2.24, 2.45) is 0 Å². The molecule has 0 spiro atoms. The van der Waals surface area contributed by atoms with E-state index in [0.717, 1.165) is 26.2 Å². The van der Waals surface area contributed by atoms with E-state index in [9.17, 15) is 4.79 Å². The fourth-order valence-corrected chi connectivity index (χ4v) is 3.72. The predicted molar refractivity (Wildman–Crippen MR) is 90.6 cm³/mol. The van der Waals surface area contributed by atoms with Gasteiger partial charge < -0.3 is 9.80 Å². The lowest BCUT2D eigenvalue weighted by atomic mass is 10.0. The van der Waals surface area contributed by atoms with E-state index in [1.165, 1.54) is 25.9 Å². The van der Waals surface area contributed by atoms with Crippen molar-refractivity contribution in [2.75, 3.05) is 46.3 Å². The second-order valence-corrected chi connectivity index (χ2v) is 7.15. The molecule has 23 heavy (non-hydrogen) atoms. The zero-order valence-electron chi connectivity index (χ0n) is 14.0. The minimum atomic E-state index is -0.294. The minimum Gasteiger partial charge on any atom is -0.338 e. The molecule has 3 heterocycles. The Morgan fingerprint density at radius 1 is 1.22 bits per heavy atom. The molecular weight excluding hydrogens is 314 g/mol. The molecule has 0 aliphatic carbocycles. The summed E-state index contributed by atoms with van der Waals surface area (Å²) in [5, 5.41) is 4.72. The smallest absolute Gasteiger partial charge is 0.247 e. The van der Waals surface area contributed by atoms with Gasteiger partial charge in [0.05, 0.1) is 11.2 Å². The number of piperazine rings is 1. The summed E-state index contributed by atoms with van der Waals surface area (Å²) in [4.78, 5) is 19.6. The first kappa shape index (κ1) is 16.7. The molecule has 2 fully saturated rings. The van der Waals surface area contributed by atoms with E-state index in [2.05, 4.69) is 21.9 Å². The molecular formula is C16H26ClN5O. The number of piperidine rings is 1. The van der Waals surface area contributed by atoms with Gasteiger partial charge in [-0.05, 0) is 39.9 Å². The van der Waals surface area contributed by atoms with Crippen LogP contribution in [0.5, 0.6) is 0 Å². The van der Waals surface area contributed by atoms with Gasteiger partial charge in [0.2, 0.25) is 5.91 Å². The van der Waals surface area contributed by atoms with E-state index in [-0.39, 0.29) is 11.9 Å². The Bertz CT molecular complexity index is 532. The van der Waals surface area contributed by atoms with Crippen molar-refractivity contribution in [2.45, 2.75) is 31.8 Å². The Balaban J connectivity index is 1.51. The van der Waals surface area contributed by atoms with Crippen LogP contribution in [0.2, 0.25) is 5.02 Å². The van der Waals surface area contributed by atoms with E-state index in [0.29, 0.717) is 11.1 Å². The number of likely N-dealkylation sites (tertiary alicyclic amines) is 1. The molecule has 0 unspecified atom stereocenters. The molecule has 128 valence electrons. The molecule has 0 aromatic carbocycles. The first-order chi connectivity index (χ1) is 11.0. The second kappa shape index (κ2) is 7.20. The Labute approximate surface area is 143 Å². The van der Waals surface area contributed by atoms with Crippen LogP contribution in [-0.4, -0.2) is 82.7 Å². The normalized spacial score (nSPS) is 23.2. The van der Waals surface area contributed by atoms with Gasteiger partial charge in [0.15, 0.2) is 0 Å². The molecule has 2 saturated heterocycles. The van der Waals surface area contributed by atoms with Crippen molar-refractivity contribution in [3.63, 3.8) is 0 Å². The van der Waals surface area contributed by atoms with Gasteiger partial charge in [0.25, 0.3) is 0 Å². The van der Waals surface area contributed by atoms with Crippen LogP contribution in [-0.2, 0) is 4.79 Å². The van der Waals surface area contributed by atoms with E-state index in [4.69, 9.17) is 11.6 Å². The summed E-state index contributed by atoms with van der Waals surface area (Å²) in [5.41, 5.74) is 0. The van der Waals surface area contributed by atoms with Gasteiger partial charge in [-0.15, -0.1) is 0 Å². The van der Waals surface area contributed by atoms with Crippen molar-refractivity contribution in [1.29, 1.82) is 0 Å². The zero-order chi connectivity index (χ0) is 16.4. The highest BCUT2D eigenvalue weighted by Gasteiger charge is 2.30. The Morgan fingerprint density at radius 3 is 2.43 bits per heavy atom. The molecule has 2 aliphatic rings. The average Bonchev–Trinajstić information content (AvgIpc) is 3.01. The van der Waals surface area contributed by atoms with Gasteiger partial charge in [-0.3, -0.25) is 14.4 Å². The van der Waals surface area contributed by atoms with Crippen molar-refractivity contribution < 1.29 is 4.79 Å². The number of amides is 1. The highest BCUT2D eigenvalue weighted by molar-refractivity contribution is 6.30. The number of halogens is 1. The van der Waals surface area contributed by atoms with Gasteiger partial charge >= 0.3 is 0 Å². The molecule has 0 bridgehead atoms. The number of carbonyl (C=O) groups excluding carboxylic acids is 1. The van der Waals surface area contributed by atoms with Crippen molar-refractivity contribution in [3.8, 4) is 0 Å². The molecule has 3 rings (SSSR count). The predicted octanol–water partition coefficient (Wildman–Crippen LogP) is 1.34. The van der Waals surface area contributed by atoms with E-state index in [1.54, 1.807) is 17.1 Å². The molecule has 0 N–H and O–H groups in total. The number of rotatable bonds is 3. The third-order valence-corrected chi connectivity index (χ3v) is 5.35. The van der Waals surface area contributed by atoms with Gasteiger partial charge in [-0.2, -0.15) is 5.10 Å². The molecule has 1 aromatic heterocycles. The number of carbonyl (C=O) groups is 1. The lowest BCUT2D eigenvalue weighted by Crippen LogP contribution is -2.54. The number of hydrogen-bond acceptors (Lipinski definition) is 4. The maximum Gasteiger partial charge on any atom is 0.247 e.